The Morgan fingerprint density at radius 2 is 2.00 bits per heavy atom. The lowest BCUT2D eigenvalue weighted by molar-refractivity contribution is 0.0828. The van der Waals surface area contributed by atoms with E-state index in [1.807, 2.05) is 25.1 Å². The van der Waals surface area contributed by atoms with E-state index in [9.17, 15) is 13.2 Å². The van der Waals surface area contributed by atoms with Crippen molar-refractivity contribution in [2.24, 2.45) is 0 Å². The van der Waals surface area contributed by atoms with Gasteiger partial charge >= 0.3 is 0 Å². The predicted molar refractivity (Wildman–Crippen MR) is 83.1 cm³/mol. The van der Waals surface area contributed by atoms with E-state index in [1.165, 1.54) is 4.90 Å². The van der Waals surface area contributed by atoms with Crippen LogP contribution in [-0.2, 0) is 14.3 Å². The molecule has 0 fully saturated rings. The highest BCUT2D eigenvalue weighted by atomic mass is 32.2. The molecule has 0 aliphatic heterocycles. The zero-order valence-corrected chi connectivity index (χ0v) is 13.7. The van der Waals surface area contributed by atoms with E-state index < -0.39 is 10.1 Å². The van der Waals surface area contributed by atoms with Crippen LogP contribution in [0, 0.1) is 6.92 Å². The molecular weight excluding hydrogens is 292 g/mol. The molecule has 118 valence electrons. The van der Waals surface area contributed by atoms with Crippen molar-refractivity contribution in [3.05, 3.63) is 29.3 Å². The van der Waals surface area contributed by atoms with Gasteiger partial charge in [0.1, 0.15) is 0 Å². The molecule has 1 rings (SSSR count). The average molecular weight is 314 g/mol. The summed E-state index contributed by atoms with van der Waals surface area (Å²) in [5.41, 5.74) is 2.34. The van der Waals surface area contributed by atoms with Crippen LogP contribution in [0.3, 0.4) is 0 Å². The molecule has 6 nitrogen and oxygen atoms in total. The van der Waals surface area contributed by atoms with Crippen molar-refractivity contribution in [2.75, 3.05) is 38.8 Å². The average Bonchev–Trinajstić information content (AvgIpc) is 2.37. The van der Waals surface area contributed by atoms with Crippen molar-refractivity contribution in [1.82, 2.24) is 4.90 Å². The molecule has 0 aliphatic rings. The number of benzene rings is 1. The topological polar surface area (TPSA) is 75.7 Å². The molecule has 0 spiro atoms. The third-order valence-corrected chi connectivity index (χ3v) is 3.34. The Morgan fingerprint density at radius 3 is 2.57 bits per heavy atom. The number of carbonyl (C=O) groups excluding carboxylic acids is 1. The minimum absolute atomic E-state index is 0.0754. The molecule has 0 heterocycles. The number of hydrogen-bond donors (Lipinski definition) is 1. The van der Waals surface area contributed by atoms with Gasteiger partial charge < -0.3 is 10.2 Å². The van der Waals surface area contributed by atoms with Crippen LogP contribution in [0.5, 0.6) is 0 Å². The predicted octanol–water partition coefficient (Wildman–Crippen LogP) is 1.48. The smallest absolute Gasteiger partial charge is 0.264 e. The van der Waals surface area contributed by atoms with E-state index in [2.05, 4.69) is 9.50 Å². The van der Waals surface area contributed by atoms with Gasteiger partial charge in [0.2, 0.25) is 0 Å². The summed E-state index contributed by atoms with van der Waals surface area (Å²) < 4.78 is 26.3. The summed E-state index contributed by atoms with van der Waals surface area (Å²) in [6, 6.07) is 5.60. The van der Waals surface area contributed by atoms with Crippen molar-refractivity contribution in [2.45, 2.75) is 13.3 Å². The minimum Gasteiger partial charge on any atom is -0.384 e. The van der Waals surface area contributed by atoms with Crippen LogP contribution >= 0.6 is 0 Å². The standard InChI is InChI=1S/C14H22N2O4S/c1-11-6-7-13(12(10-11)14(17)16(2)3)15-8-5-9-20-21(4,18)19/h6-7,10,15H,5,8-9H2,1-4H3. The Labute approximate surface area is 126 Å². The summed E-state index contributed by atoms with van der Waals surface area (Å²) in [5, 5.41) is 3.14. The number of amides is 1. The number of rotatable bonds is 7. The van der Waals surface area contributed by atoms with Crippen LogP contribution in [-0.4, -0.2) is 52.7 Å². The SMILES string of the molecule is Cc1ccc(NCCCOS(C)(=O)=O)c(C(=O)N(C)C)c1. The number of nitrogens with zero attached hydrogens (tertiary/aromatic N) is 1. The van der Waals surface area contributed by atoms with E-state index in [4.69, 9.17) is 0 Å². The fourth-order valence-corrected chi connectivity index (χ4v) is 2.16. The van der Waals surface area contributed by atoms with E-state index in [0.29, 0.717) is 18.5 Å². The van der Waals surface area contributed by atoms with Crippen LogP contribution in [0.25, 0.3) is 0 Å². The Balaban J connectivity index is 2.65. The molecule has 0 saturated carbocycles. The highest BCUT2D eigenvalue weighted by Gasteiger charge is 2.13. The molecule has 0 saturated heterocycles. The summed E-state index contributed by atoms with van der Waals surface area (Å²) in [4.78, 5) is 13.6. The maximum atomic E-state index is 12.1. The van der Waals surface area contributed by atoms with Gasteiger partial charge in [-0.3, -0.25) is 8.98 Å². The number of nitrogens with one attached hydrogen (secondary N) is 1. The van der Waals surface area contributed by atoms with Gasteiger partial charge in [0.15, 0.2) is 0 Å². The van der Waals surface area contributed by atoms with Crippen molar-refractivity contribution in [3.63, 3.8) is 0 Å². The van der Waals surface area contributed by atoms with Crippen LogP contribution in [0.1, 0.15) is 22.3 Å². The molecule has 1 aromatic rings. The van der Waals surface area contributed by atoms with Crippen molar-refractivity contribution in [1.29, 1.82) is 0 Å². The highest BCUT2D eigenvalue weighted by Crippen LogP contribution is 2.18. The molecule has 7 heteroatoms. The third-order valence-electron chi connectivity index (χ3n) is 2.75. The van der Waals surface area contributed by atoms with Crippen molar-refractivity contribution >= 4 is 21.7 Å². The van der Waals surface area contributed by atoms with Crippen molar-refractivity contribution in [3.8, 4) is 0 Å². The van der Waals surface area contributed by atoms with Gasteiger partial charge in [0.05, 0.1) is 18.4 Å². The zero-order valence-electron chi connectivity index (χ0n) is 12.8. The van der Waals surface area contributed by atoms with E-state index in [0.717, 1.165) is 17.5 Å². The summed E-state index contributed by atoms with van der Waals surface area (Å²) in [6.45, 7) is 2.57. The molecule has 1 N–H and O–H groups in total. The molecule has 0 atom stereocenters. The molecule has 0 aromatic heterocycles. The highest BCUT2D eigenvalue weighted by molar-refractivity contribution is 7.85. The van der Waals surface area contributed by atoms with Crippen molar-refractivity contribution < 1.29 is 17.4 Å². The van der Waals surface area contributed by atoms with Crippen LogP contribution < -0.4 is 5.32 Å². The second kappa shape index (κ2) is 7.42. The lowest BCUT2D eigenvalue weighted by Gasteiger charge is -2.16. The number of hydrogen-bond acceptors (Lipinski definition) is 5. The first-order valence-electron chi connectivity index (χ1n) is 6.61. The summed E-state index contributed by atoms with van der Waals surface area (Å²) in [7, 11) is 0.00930. The molecule has 0 radical (unpaired) electrons. The quantitative estimate of drug-likeness (QED) is 0.609. The van der Waals surface area contributed by atoms with Gasteiger partial charge in [0, 0.05) is 26.3 Å². The fourth-order valence-electron chi connectivity index (χ4n) is 1.74. The van der Waals surface area contributed by atoms with Gasteiger partial charge in [-0.1, -0.05) is 11.6 Å². The van der Waals surface area contributed by atoms with E-state index in [1.54, 1.807) is 14.1 Å². The lowest BCUT2D eigenvalue weighted by Crippen LogP contribution is -2.23. The molecule has 21 heavy (non-hydrogen) atoms. The lowest BCUT2D eigenvalue weighted by atomic mass is 10.1. The zero-order chi connectivity index (χ0) is 16.0. The van der Waals surface area contributed by atoms with Gasteiger partial charge in [-0.2, -0.15) is 8.42 Å². The number of carbonyl (C=O) groups is 1. The van der Waals surface area contributed by atoms with E-state index >= 15 is 0 Å². The molecule has 0 aliphatic carbocycles. The maximum absolute atomic E-state index is 12.1. The maximum Gasteiger partial charge on any atom is 0.264 e. The molecule has 0 bridgehead atoms. The normalized spacial score (nSPS) is 11.2. The fraction of sp³-hybridized carbons (Fsp3) is 0.500. The van der Waals surface area contributed by atoms with Crippen LogP contribution in [0.4, 0.5) is 5.69 Å². The Kier molecular flexibility index (Phi) is 6.17. The van der Waals surface area contributed by atoms with Crippen LogP contribution in [0.2, 0.25) is 0 Å². The molecule has 1 aromatic carbocycles. The summed E-state index contributed by atoms with van der Waals surface area (Å²) in [6.07, 6.45) is 1.55. The monoisotopic (exact) mass is 314 g/mol. The third kappa shape index (κ3) is 6.14. The second-order valence-corrected chi connectivity index (χ2v) is 6.70. The molecular formula is C14H22N2O4S. The molecule has 0 unspecified atom stereocenters. The largest absolute Gasteiger partial charge is 0.384 e. The number of aryl methyl sites for hydroxylation is 1. The second-order valence-electron chi connectivity index (χ2n) is 5.06. The van der Waals surface area contributed by atoms with E-state index in [-0.39, 0.29) is 12.5 Å². The Bertz CT molecular complexity index is 597. The van der Waals surface area contributed by atoms with Crippen LogP contribution in [0.15, 0.2) is 18.2 Å². The summed E-state index contributed by atoms with van der Waals surface area (Å²) >= 11 is 0. The van der Waals surface area contributed by atoms with Gasteiger partial charge in [-0.15, -0.1) is 0 Å². The van der Waals surface area contributed by atoms with Gasteiger partial charge in [0.25, 0.3) is 16.0 Å². The number of anilines is 1. The van der Waals surface area contributed by atoms with Gasteiger partial charge in [-0.25, -0.2) is 0 Å². The first-order chi connectivity index (χ1) is 9.70. The first-order valence-corrected chi connectivity index (χ1v) is 8.43. The minimum atomic E-state index is -3.40. The Morgan fingerprint density at radius 1 is 1.33 bits per heavy atom. The first kappa shape index (κ1) is 17.5. The van der Waals surface area contributed by atoms with Gasteiger partial charge in [-0.05, 0) is 25.5 Å². The molecule has 1 amide bonds. The summed E-state index contributed by atoms with van der Waals surface area (Å²) in [5.74, 6) is -0.0754. The Hall–Kier alpha value is -1.60.